The van der Waals surface area contributed by atoms with Crippen LogP contribution in [0.15, 0.2) is 24.3 Å². The van der Waals surface area contributed by atoms with Crippen molar-refractivity contribution in [1.29, 1.82) is 0 Å². The highest BCUT2D eigenvalue weighted by Gasteiger charge is 2.31. The monoisotopic (exact) mass is 298 g/mol. The second-order valence-corrected chi connectivity index (χ2v) is 5.24. The molecule has 1 aliphatic rings. The molecular weight excluding hydrogens is 278 g/mol. The molecule has 21 heavy (non-hydrogen) atoms. The van der Waals surface area contributed by atoms with Crippen molar-refractivity contribution in [3.8, 4) is 5.75 Å². The van der Waals surface area contributed by atoms with Crippen LogP contribution < -0.4 is 15.8 Å². The predicted molar refractivity (Wildman–Crippen MR) is 74.8 cm³/mol. The maximum atomic E-state index is 12.3. The van der Waals surface area contributed by atoms with Gasteiger partial charge in [-0.15, -0.1) is 0 Å². The Balaban J connectivity index is 1.95. The highest BCUT2D eigenvalue weighted by atomic mass is 19.3. The molecule has 2 unspecified atom stereocenters. The summed E-state index contributed by atoms with van der Waals surface area (Å²) in [4.78, 5) is 12.2. The summed E-state index contributed by atoms with van der Waals surface area (Å²) in [5.41, 5.74) is 6.20. The van der Waals surface area contributed by atoms with Crippen molar-refractivity contribution in [3.63, 3.8) is 0 Å². The van der Waals surface area contributed by atoms with Gasteiger partial charge < -0.3 is 15.8 Å². The van der Waals surface area contributed by atoms with Crippen LogP contribution in [0.4, 0.5) is 8.78 Å². The molecule has 2 rings (SSSR count). The average Bonchev–Trinajstić information content (AvgIpc) is 2.94. The molecule has 116 valence electrons. The summed E-state index contributed by atoms with van der Waals surface area (Å²) in [5, 5.41) is 2.80. The number of carbonyl (C=O) groups excluding carboxylic acids is 1. The third-order valence-electron chi connectivity index (χ3n) is 3.94. The lowest BCUT2D eigenvalue weighted by Gasteiger charge is -2.18. The summed E-state index contributed by atoms with van der Waals surface area (Å²) in [6.07, 6.45) is 2.81. The van der Waals surface area contributed by atoms with E-state index in [1.165, 1.54) is 6.07 Å². The Labute approximate surface area is 122 Å². The summed E-state index contributed by atoms with van der Waals surface area (Å²) in [7, 11) is 0. The molecule has 1 fully saturated rings. The standard InChI is InChI=1S/C15H20F2N2O2/c16-15(17)21-13-7-2-1-4-11(13)9-19-14(20)12-6-3-5-10(12)8-18/h1-2,4,7,10,12,15H,3,5-6,8-9,18H2,(H,19,20). The Hall–Kier alpha value is -1.69. The van der Waals surface area contributed by atoms with E-state index in [0.29, 0.717) is 12.1 Å². The lowest BCUT2D eigenvalue weighted by Crippen LogP contribution is -2.34. The van der Waals surface area contributed by atoms with Gasteiger partial charge in [-0.2, -0.15) is 8.78 Å². The van der Waals surface area contributed by atoms with E-state index in [1.807, 2.05) is 0 Å². The fraction of sp³-hybridized carbons (Fsp3) is 0.533. The number of benzene rings is 1. The second-order valence-electron chi connectivity index (χ2n) is 5.24. The molecule has 0 aromatic heterocycles. The normalized spacial score (nSPS) is 21.5. The average molecular weight is 298 g/mol. The fourth-order valence-corrected chi connectivity index (χ4v) is 2.84. The third kappa shape index (κ3) is 4.14. The number of para-hydroxylation sites is 1. The van der Waals surface area contributed by atoms with Gasteiger partial charge in [0, 0.05) is 18.0 Å². The van der Waals surface area contributed by atoms with Crippen LogP contribution in [0.1, 0.15) is 24.8 Å². The number of hydrogen-bond acceptors (Lipinski definition) is 3. The highest BCUT2D eigenvalue weighted by Crippen LogP contribution is 2.31. The zero-order valence-corrected chi connectivity index (χ0v) is 11.7. The van der Waals surface area contributed by atoms with E-state index in [1.54, 1.807) is 18.2 Å². The predicted octanol–water partition coefficient (Wildman–Crippen LogP) is 2.28. The molecule has 1 amide bonds. The molecule has 0 radical (unpaired) electrons. The molecule has 6 heteroatoms. The number of nitrogens with two attached hydrogens (primary N) is 1. The first-order chi connectivity index (χ1) is 10.1. The summed E-state index contributed by atoms with van der Waals surface area (Å²) < 4.78 is 29.1. The van der Waals surface area contributed by atoms with Crippen LogP contribution in [-0.4, -0.2) is 19.1 Å². The molecule has 0 heterocycles. The lowest BCUT2D eigenvalue weighted by atomic mass is 9.95. The quantitative estimate of drug-likeness (QED) is 0.847. The molecule has 0 spiro atoms. The van der Waals surface area contributed by atoms with E-state index in [-0.39, 0.29) is 30.0 Å². The van der Waals surface area contributed by atoms with E-state index >= 15 is 0 Å². The van der Waals surface area contributed by atoms with Crippen molar-refractivity contribution in [2.24, 2.45) is 17.6 Å². The molecule has 0 saturated heterocycles. The molecule has 1 saturated carbocycles. The zero-order valence-electron chi connectivity index (χ0n) is 11.7. The van der Waals surface area contributed by atoms with Gasteiger partial charge in [0.25, 0.3) is 0 Å². The van der Waals surface area contributed by atoms with E-state index in [9.17, 15) is 13.6 Å². The summed E-state index contributed by atoms with van der Waals surface area (Å²) in [5.74, 6) is 0.181. The number of alkyl halides is 2. The SMILES string of the molecule is NCC1CCCC1C(=O)NCc1ccccc1OC(F)F. The molecule has 0 aliphatic heterocycles. The Bertz CT molecular complexity index is 482. The van der Waals surface area contributed by atoms with E-state index < -0.39 is 6.61 Å². The Morgan fingerprint density at radius 2 is 2.14 bits per heavy atom. The van der Waals surface area contributed by atoms with E-state index in [0.717, 1.165) is 19.3 Å². The smallest absolute Gasteiger partial charge is 0.387 e. The minimum Gasteiger partial charge on any atom is -0.434 e. The van der Waals surface area contributed by atoms with Gasteiger partial charge in [-0.1, -0.05) is 24.6 Å². The highest BCUT2D eigenvalue weighted by molar-refractivity contribution is 5.79. The molecule has 0 bridgehead atoms. The van der Waals surface area contributed by atoms with E-state index in [4.69, 9.17) is 5.73 Å². The van der Waals surface area contributed by atoms with Crippen LogP contribution in [0.25, 0.3) is 0 Å². The maximum absolute atomic E-state index is 12.3. The number of rotatable bonds is 6. The zero-order chi connectivity index (χ0) is 15.2. The second kappa shape index (κ2) is 7.36. The summed E-state index contributed by atoms with van der Waals surface area (Å²) >= 11 is 0. The number of hydrogen-bond donors (Lipinski definition) is 2. The molecule has 4 nitrogen and oxygen atoms in total. The minimum absolute atomic E-state index is 0.0604. The van der Waals surface area contributed by atoms with Gasteiger partial charge >= 0.3 is 6.61 Å². The van der Waals surface area contributed by atoms with Crippen LogP contribution in [0, 0.1) is 11.8 Å². The molecule has 1 aromatic carbocycles. The number of carbonyl (C=O) groups is 1. The number of halogens is 2. The van der Waals surface area contributed by atoms with Gasteiger partial charge in [-0.05, 0) is 31.4 Å². The van der Waals surface area contributed by atoms with Gasteiger partial charge in [-0.3, -0.25) is 4.79 Å². The molecule has 1 aliphatic carbocycles. The van der Waals surface area contributed by atoms with E-state index in [2.05, 4.69) is 10.1 Å². The largest absolute Gasteiger partial charge is 0.434 e. The summed E-state index contributed by atoms with van der Waals surface area (Å²) in [6.45, 7) is -2.20. The summed E-state index contributed by atoms with van der Waals surface area (Å²) in [6, 6.07) is 6.46. The number of amides is 1. The van der Waals surface area contributed by atoms with Gasteiger partial charge in [0.15, 0.2) is 0 Å². The number of ether oxygens (including phenoxy) is 1. The third-order valence-corrected chi connectivity index (χ3v) is 3.94. The van der Waals surface area contributed by atoms with Crippen molar-refractivity contribution in [1.82, 2.24) is 5.32 Å². The first kappa shape index (κ1) is 15.7. The van der Waals surface area contributed by atoms with Crippen LogP contribution >= 0.6 is 0 Å². The van der Waals surface area contributed by atoms with Crippen LogP contribution in [-0.2, 0) is 11.3 Å². The molecule has 3 N–H and O–H groups in total. The van der Waals surface area contributed by atoms with Gasteiger partial charge in [0.2, 0.25) is 5.91 Å². The van der Waals surface area contributed by atoms with Crippen LogP contribution in [0.5, 0.6) is 5.75 Å². The Morgan fingerprint density at radius 1 is 1.38 bits per heavy atom. The number of nitrogens with one attached hydrogen (secondary N) is 1. The van der Waals surface area contributed by atoms with Crippen molar-refractivity contribution in [3.05, 3.63) is 29.8 Å². The van der Waals surface area contributed by atoms with Gasteiger partial charge in [0.05, 0.1) is 0 Å². The minimum atomic E-state index is -2.88. The molecular formula is C15H20F2N2O2. The van der Waals surface area contributed by atoms with Crippen molar-refractivity contribution < 1.29 is 18.3 Å². The molecule has 2 atom stereocenters. The van der Waals surface area contributed by atoms with Gasteiger partial charge in [0.1, 0.15) is 5.75 Å². The van der Waals surface area contributed by atoms with Crippen LogP contribution in [0.2, 0.25) is 0 Å². The Kier molecular flexibility index (Phi) is 5.50. The van der Waals surface area contributed by atoms with Crippen molar-refractivity contribution in [2.45, 2.75) is 32.4 Å². The van der Waals surface area contributed by atoms with Crippen molar-refractivity contribution in [2.75, 3.05) is 6.54 Å². The lowest BCUT2D eigenvalue weighted by molar-refractivity contribution is -0.126. The fourth-order valence-electron chi connectivity index (χ4n) is 2.84. The van der Waals surface area contributed by atoms with Crippen LogP contribution in [0.3, 0.4) is 0 Å². The van der Waals surface area contributed by atoms with Gasteiger partial charge in [-0.25, -0.2) is 0 Å². The Morgan fingerprint density at radius 3 is 2.86 bits per heavy atom. The maximum Gasteiger partial charge on any atom is 0.387 e. The van der Waals surface area contributed by atoms with Crippen molar-refractivity contribution >= 4 is 5.91 Å². The topological polar surface area (TPSA) is 64.4 Å². The first-order valence-corrected chi connectivity index (χ1v) is 7.12. The first-order valence-electron chi connectivity index (χ1n) is 7.12. The molecule has 1 aromatic rings.